The first-order valence-electron chi connectivity index (χ1n) is 9.87. The van der Waals surface area contributed by atoms with E-state index in [1.54, 1.807) is 5.48 Å². The maximum atomic E-state index is 11.0. The minimum Gasteiger partial charge on any atom is -0.384 e. The summed E-state index contributed by atoms with van der Waals surface area (Å²) in [7, 11) is 0. The first-order valence-corrected chi connectivity index (χ1v) is 9.87. The number of unbranched alkanes of at least 4 members (excludes halogenated alkanes) is 3. The first kappa shape index (κ1) is 18.6. The van der Waals surface area contributed by atoms with Crippen LogP contribution < -0.4 is 10.8 Å². The number of nitrogens with one attached hydrogen (secondary N) is 2. The Morgan fingerprint density at radius 1 is 1.04 bits per heavy atom. The van der Waals surface area contributed by atoms with E-state index in [0.717, 1.165) is 50.6 Å². The van der Waals surface area contributed by atoms with Crippen LogP contribution in [0.25, 0.3) is 10.9 Å². The van der Waals surface area contributed by atoms with Crippen LogP contribution in [0.4, 0.5) is 5.69 Å². The Morgan fingerprint density at radius 3 is 2.73 bits per heavy atom. The molecule has 1 aromatic heterocycles. The first-order chi connectivity index (χ1) is 12.8. The van der Waals surface area contributed by atoms with Crippen LogP contribution >= 0.6 is 0 Å². The molecule has 1 aromatic carbocycles. The average molecular weight is 355 g/mol. The van der Waals surface area contributed by atoms with E-state index in [9.17, 15) is 4.79 Å². The standard InChI is InChI=1S/C21H29N3O2/c25-20(24-26)14-6-1-2-9-15-22-21-16-10-4-3-5-12-18(16)23-19-13-8-7-11-17(19)21/h7-8,11,13,26H,1-6,9-10,12,14-15H2,(H,22,23)(H,24,25). The van der Waals surface area contributed by atoms with E-state index in [1.165, 1.54) is 41.6 Å². The summed E-state index contributed by atoms with van der Waals surface area (Å²) in [5.74, 6) is -0.297. The lowest BCUT2D eigenvalue weighted by Gasteiger charge is -2.17. The number of benzene rings is 1. The van der Waals surface area contributed by atoms with Gasteiger partial charge in [-0.25, -0.2) is 5.48 Å². The fourth-order valence-corrected chi connectivity index (χ4v) is 3.78. The van der Waals surface area contributed by atoms with Gasteiger partial charge in [0.05, 0.1) is 5.52 Å². The van der Waals surface area contributed by atoms with Crippen molar-refractivity contribution in [2.75, 3.05) is 11.9 Å². The van der Waals surface area contributed by atoms with Crippen molar-refractivity contribution in [3.8, 4) is 0 Å². The van der Waals surface area contributed by atoms with Crippen molar-refractivity contribution in [2.24, 2.45) is 0 Å². The number of rotatable bonds is 8. The van der Waals surface area contributed by atoms with Crippen LogP contribution in [0.15, 0.2) is 24.3 Å². The number of hydroxylamine groups is 1. The number of carbonyl (C=O) groups excluding carboxylic acids is 1. The number of hydrogen-bond donors (Lipinski definition) is 3. The van der Waals surface area contributed by atoms with Gasteiger partial charge in [0.25, 0.3) is 0 Å². The summed E-state index contributed by atoms with van der Waals surface area (Å²) in [6.45, 7) is 0.937. The molecular weight excluding hydrogens is 326 g/mol. The second-order valence-electron chi connectivity index (χ2n) is 7.12. The third-order valence-corrected chi connectivity index (χ3v) is 5.18. The number of aromatic nitrogens is 1. The van der Waals surface area contributed by atoms with Gasteiger partial charge >= 0.3 is 0 Å². The zero-order valence-corrected chi connectivity index (χ0v) is 15.4. The maximum Gasteiger partial charge on any atom is 0.243 e. The highest BCUT2D eigenvalue weighted by Gasteiger charge is 2.16. The van der Waals surface area contributed by atoms with E-state index in [-0.39, 0.29) is 5.91 Å². The van der Waals surface area contributed by atoms with Crippen LogP contribution in [0.1, 0.15) is 62.6 Å². The molecule has 1 aliphatic carbocycles. The van der Waals surface area contributed by atoms with Crippen LogP contribution in [0, 0.1) is 0 Å². The van der Waals surface area contributed by atoms with Crippen molar-refractivity contribution >= 4 is 22.5 Å². The number of para-hydroxylation sites is 1. The fraction of sp³-hybridized carbons (Fsp3) is 0.524. The van der Waals surface area contributed by atoms with Crippen molar-refractivity contribution in [3.63, 3.8) is 0 Å². The van der Waals surface area contributed by atoms with Gasteiger partial charge in [-0.15, -0.1) is 0 Å². The minimum atomic E-state index is -0.297. The summed E-state index contributed by atoms with van der Waals surface area (Å²) < 4.78 is 0. The molecule has 0 radical (unpaired) electrons. The summed E-state index contributed by atoms with van der Waals surface area (Å²) in [6, 6.07) is 8.43. The summed E-state index contributed by atoms with van der Waals surface area (Å²) in [5, 5.41) is 13.4. The Morgan fingerprint density at radius 2 is 1.85 bits per heavy atom. The lowest BCUT2D eigenvalue weighted by atomic mass is 10.0. The van der Waals surface area contributed by atoms with E-state index in [0.29, 0.717) is 6.42 Å². The third kappa shape index (κ3) is 4.73. The predicted molar refractivity (Wildman–Crippen MR) is 105 cm³/mol. The predicted octanol–water partition coefficient (Wildman–Crippen LogP) is 4.37. The second kappa shape index (κ2) is 9.53. The van der Waals surface area contributed by atoms with Crippen molar-refractivity contribution in [2.45, 2.75) is 64.2 Å². The Labute approximate surface area is 155 Å². The molecule has 3 rings (SSSR count). The van der Waals surface area contributed by atoms with Gasteiger partial charge < -0.3 is 5.32 Å². The van der Waals surface area contributed by atoms with Gasteiger partial charge in [-0.1, -0.05) is 37.5 Å². The molecule has 0 unspecified atom stereocenters. The molecule has 1 aliphatic rings. The van der Waals surface area contributed by atoms with Gasteiger partial charge in [-0.2, -0.15) is 0 Å². The van der Waals surface area contributed by atoms with Gasteiger partial charge in [0.1, 0.15) is 0 Å². The van der Waals surface area contributed by atoms with E-state index in [2.05, 4.69) is 29.6 Å². The van der Waals surface area contributed by atoms with Crippen LogP contribution in [0.5, 0.6) is 0 Å². The molecule has 0 aliphatic heterocycles. The van der Waals surface area contributed by atoms with Gasteiger partial charge in [0.15, 0.2) is 0 Å². The Bertz CT molecular complexity index is 745. The monoisotopic (exact) mass is 355 g/mol. The van der Waals surface area contributed by atoms with Crippen molar-refractivity contribution in [1.29, 1.82) is 0 Å². The largest absolute Gasteiger partial charge is 0.384 e. The molecule has 1 heterocycles. The number of pyridine rings is 1. The van der Waals surface area contributed by atoms with Crippen LogP contribution in [0.2, 0.25) is 0 Å². The van der Waals surface area contributed by atoms with Crippen molar-refractivity contribution in [3.05, 3.63) is 35.5 Å². The van der Waals surface area contributed by atoms with Gasteiger partial charge in [0.2, 0.25) is 5.91 Å². The van der Waals surface area contributed by atoms with Gasteiger partial charge in [0, 0.05) is 29.7 Å². The molecule has 0 saturated heterocycles. The van der Waals surface area contributed by atoms with Crippen LogP contribution in [-0.2, 0) is 17.6 Å². The Kier molecular flexibility index (Phi) is 6.83. The van der Waals surface area contributed by atoms with E-state index in [1.807, 2.05) is 0 Å². The van der Waals surface area contributed by atoms with Gasteiger partial charge in [-0.3, -0.25) is 15.0 Å². The highest BCUT2D eigenvalue weighted by atomic mass is 16.5. The maximum absolute atomic E-state index is 11.0. The topological polar surface area (TPSA) is 74.2 Å². The number of hydrogen-bond acceptors (Lipinski definition) is 4. The quantitative estimate of drug-likeness (QED) is 0.284. The number of anilines is 1. The lowest BCUT2D eigenvalue weighted by molar-refractivity contribution is -0.129. The molecule has 0 atom stereocenters. The SMILES string of the molecule is O=C(CCCCCCNc1c2c(nc3ccccc13)CCCCC2)NO. The zero-order valence-electron chi connectivity index (χ0n) is 15.4. The molecule has 5 nitrogen and oxygen atoms in total. The fourth-order valence-electron chi connectivity index (χ4n) is 3.78. The number of carbonyl (C=O) groups is 1. The highest BCUT2D eigenvalue weighted by Crippen LogP contribution is 2.32. The highest BCUT2D eigenvalue weighted by molar-refractivity contribution is 5.93. The molecule has 5 heteroatoms. The molecule has 26 heavy (non-hydrogen) atoms. The zero-order chi connectivity index (χ0) is 18.2. The Hall–Kier alpha value is -2.14. The molecule has 0 bridgehead atoms. The summed E-state index contributed by atoms with van der Waals surface area (Å²) in [4.78, 5) is 15.9. The van der Waals surface area contributed by atoms with Crippen LogP contribution in [-0.4, -0.2) is 22.6 Å². The average Bonchev–Trinajstić information content (AvgIpc) is 2.91. The number of fused-ring (bicyclic) bond motifs is 2. The molecule has 0 fully saturated rings. The second-order valence-corrected chi connectivity index (χ2v) is 7.12. The van der Waals surface area contributed by atoms with Crippen molar-refractivity contribution in [1.82, 2.24) is 10.5 Å². The minimum absolute atomic E-state index is 0.297. The molecular formula is C21H29N3O2. The number of nitrogens with zero attached hydrogens (tertiary/aromatic N) is 1. The summed E-state index contributed by atoms with van der Waals surface area (Å²) in [5.41, 5.74) is 6.75. The lowest BCUT2D eigenvalue weighted by Crippen LogP contribution is -2.17. The Balaban J connectivity index is 1.61. The van der Waals surface area contributed by atoms with Crippen molar-refractivity contribution < 1.29 is 10.0 Å². The molecule has 1 amide bonds. The molecule has 0 spiro atoms. The van der Waals surface area contributed by atoms with E-state index < -0.39 is 0 Å². The van der Waals surface area contributed by atoms with E-state index in [4.69, 9.17) is 10.2 Å². The molecule has 140 valence electrons. The smallest absolute Gasteiger partial charge is 0.243 e. The number of amides is 1. The third-order valence-electron chi connectivity index (χ3n) is 5.18. The van der Waals surface area contributed by atoms with Crippen LogP contribution in [0.3, 0.4) is 0 Å². The molecule has 0 saturated carbocycles. The van der Waals surface area contributed by atoms with E-state index >= 15 is 0 Å². The normalized spacial score (nSPS) is 13.9. The summed E-state index contributed by atoms with van der Waals surface area (Å²) in [6.07, 6.45) is 10.3. The summed E-state index contributed by atoms with van der Waals surface area (Å²) >= 11 is 0. The molecule has 3 N–H and O–H groups in total. The van der Waals surface area contributed by atoms with Gasteiger partial charge in [-0.05, 0) is 50.2 Å². The molecule has 2 aromatic rings. The number of aryl methyl sites for hydroxylation is 1.